The van der Waals surface area contributed by atoms with Gasteiger partial charge in [0.2, 0.25) is 11.6 Å². The summed E-state index contributed by atoms with van der Waals surface area (Å²) in [5, 5.41) is 20.7. The van der Waals surface area contributed by atoms with E-state index < -0.39 is 54.5 Å². The molecule has 0 bridgehead atoms. The van der Waals surface area contributed by atoms with Gasteiger partial charge in [0.15, 0.2) is 11.0 Å². The molecule has 2 unspecified atom stereocenters. The number of aromatic nitrogens is 4. The minimum absolute atomic E-state index is 0.0177. The smallest absolute Gasteiger partial charge is 0.396 e. The highest BCUT2D eigenvalue weighted by molar-refractivity contribution is 7.54. The van der Waals surface area contributed by atoms with Gasteiger partial charge in [0.25, 0.3) is 0 Å². The van der Waals surface area contributed by atoms with E-state index in [1.807, 2.05) is 0 Å². The van der Waals surface area contributed by atoms with Crippen molar-refractivity contribution in [2.75, 3.05) is 37.4 Å². The van der Waals surface area contributed by atoms with Gasteiger partial charge in [0, 0.05) is 26.3 Å². The summed E-state index contributed by atoms with van der Waals surface area (Å²) >= 11 is 0. The average Bonchev–Trinajstić information content (AvgIpc) is 3.49. The highest BCUT2D eigenvalue weighted by Crippen LogP contribution is 2.58. The molecule has 2 atom stereocenters. The van der Waals surface area contributed by atoms with Crippen molar-refractivity contribution in [3.63, 3.8) is 0 Å². The molecular formula is C26H32F4N8O5P+. The number of quaternary nitrogens is 1. The zero-order chi connectivity index (χ0) is 32.3. The van der Waals surface area contributed by atoms with Crippen molar-refractivity contribution in [3.8, 4) is 0 Å². The molecule has 2 aliphatic rings. The second-order valence-electron chi connectivity index (χ2n) is 10.3. The molecule has 1 aliphatic carbocycles. The van der Waals surface area contributed by atoms with Crippen molar-refractivity contribution in [1.29, 1.82) is 0 Å². The maximum absolute atomic E-state index is 15.1. The maximum Gasteiger partial charge on any atom is 0.421 e. The summed E-state index contributed by atoms with van der Waals surface area (Å²) in [6, 6.07) is 0. The molecule has 13 nitrogen and oxygen atoms in total. The van der Waals surface area contributed by atoms with Crippen LogP contribution in [-0.4, -0.2) is 73.0 Å². The number of aromatic amines is 1. The number of amides is 1. The van der Waals surface area contributed by atoms with Crippen molar-refractivity contribution in [1.82, 2.24) is 30.0 Å². The van der Waals surface area contributed by atoms with Gasteiger partial charge >= 0.3 is 19.7 Å². The molecule has 18 heteroatoms. The minimum atomic E-state index is -5.32. The zero-order valence-electron chi connectivity index (χ0n) is 23.7. The molecule has 1 aliphatic heterocycles. The third-order valence-corrected chi connectivity index (χ3v) is 8.89. The van der Waals surface area contributed by atoms with Crippen LogP contribution >= 0.6 is 7.60 Å². The predicted octanol–water partition coefficient (Wildman–Crippen LogP) is 3.43. The van der Waals surface area contributed by atoms with Crippen molar-refractivity contribution in [3.05, 3.63) is 71.3 Å². The Morgan fingerprint density at radius 2 is 2.00 bits per heavy atom. The van der Waals surface area contributed by atoms with Crippen molar-refractivity contribution in [2.45, 2.75) is 37.6 Å². The van der Waals surface area contributed by atoms with Crippen molar-refractivity contribution >= 4 is 31.0 Å². The number of unbranched alkanes of at least 4 members (excludes halogenated alkanes) is 1. The topological polar surface area (TPSA) is 185 Å². The Kier molecular flexibility index (Phi) is 9.46. The van der Waals surface area contributed by atoms with Crippen molar-refractivity contribution < 1.29 is 41.8 Å². The molecule has 0 spiro atoms. The molecule has 0 aromatic carbocycles. The quantitative estimate of drug-likeness (QED) is 0.0828. The van der Waals surface area contributed by atoms with Crippen LogP contribution in [0.5, 0.6) is 0 Å². The number of nitrogens with zero attached hydrogens (tertiary/aromatic N) is 4. The summed E-state index contributed by atoms with van der Waals surface area (Å²) in [6.07, 6.45) is 4.04. The third-order valence-electron chi connectivity index (χ3n) is 7.38. The van der Waals surface area contributed by atoms with Crippen LogP contribution in [0.2, 0.25) is 0 Å². The SMILES string of the molecule is CNC(=O)C1=C(Nc2nc(NC3(P(=O)(O)O)CC=C(C)C=C3F)ncc2C(F)(F)F)C=CC[N+]1(CCCCO)c1cn[nH]c1. The van der Waals surface area contributed by atoms with E-state index in [0.717, 1.165) is 6.08 Å². The second-order valence-corrected chi connectivity index (χ2v) is 12.1. The molecule has 44 heavy (non-hydrogen) atoms. The number of halogens is 4. The van der Waals surface area contributed by atoms with Gasteiger partial charge in [-0.25, -0.2) is 13.9 Å². The Morgan fingerprint density at radius 3 is 2.59 bits per heavy atom. The lowest BCUT2D eigenvalue weighted by Gasteiger charge is -2.39. The molecule has 0 fully saturated rings. The van der Waals surface area contributed by atoms with E-state index in [2.05, 4.69) is 36.1 Å². The van der Waals surface area contributed by atoms with Crippen LogP contribution in [0.1, 0.15) is 31.7 Å². The van der Waals surface area contributed by atoms with Gasteiger partial charge in [0.1, 0.15) is 35.6 Å². The lowest BCUT2D eigenvalue weighted by molar-refractivity contribution is -0.137. The molecule has 3 heterocycles. The second kappa shape index (κ2) is 12.6. The summed E-state index contributed by atoms with van der Waals surface area (Å²) < 4.78 is 70.0. The van der Waals surface area contributed by atoms with Crippen molar-refractivity contribution in [2.24, 2.45) is 0 Å². The summed E-state index contributed by atoms with van der Waals surface area (Å²) in [5.41, 5.74) is -0.488. The Bertz CT molecular complexity index is 1570. The molecule has 7 N–H and O–H groups in total. The number of allylic oxidation sites excluding steroid dienone is 3. The van der Waals surface area contributed by atoms with Crippen LogP contribution in [0.3, 0.4) is 0 Å². The standard InChI is InChI=1S/C26H31F4N8O5P/c1-16-7-8-25(20(27)12-16,44(41,42)43)37-24-32-15-18(26(28,29)30)22(36-24)35-19-6-5-10-38(9-3-4-11-39,17-13-33-34-14-17)21(19)23(40)31-2/h5-7,12-15,39H,3-4,8-11H2,1-2H3,(H5-,31,32,33,34,35,36,37,40,41,42,43)/p+1. The summed E-state index contributed by atoms with van der Waals surface area (Å²) in [6.45, 7) is 1.90. The van der Waals surface area contributed by atoms with Gasteiger partial charge in [-0.1, -0.05) is 11.6 Å². The van der Waals surface area contributed by atoms with E-state index in [0.29, 0.717) is 30.3 Å². The fourth-order valence-corrected chi connectivity index (χ4v) is 6.03. The lowest BCUT2D eigenvalue weighted by Crippen LogP contribution is -2.55. The number of hydrogen-bond acceptors (Lipinski definition) is 8. The first-order valence-electron chi connectivity index (χ1n) is 13.4. The third kappa shape index (κ3) is 6.32. The first-order valence-corrected chi connectivity index (χ1v) is 15.0. The van der Waals surface area contributed by atoms with Gasteiger partial charge in [-0.3, -0.25) is 14.5 Å². The summed E-state index contributed by atoms with van der Waals surface area (Å²) in [7, 11) is -3.96. The highest BCUT2D eigenvalue weighted by atomic mass is 31.2. The van der Waals surface area contributed by atoms with Gasteiger partial charge < -0.3 is 30.8 Å². The Morgan fingerprint density at radius 1 is 1.25 bits per heavy atom. The Balaban J connectivity index is 1.87. The highest BCUT2D eigenvalue weighted by Gasteiger charge is 2.52. The zero-order valence-corrected chi connectivity index (χ0v) is 24.6. The monoisotopic (exact) mass is 643 g/mol. The lowest BCUT2D eigenvalue weighted by atomic mass is 10.0. The number of likely N-dealkylation sites (N-methyl/N-ethyl adjacent to an activating group) is 1. The number of H-pyrrole nitrogens is 1. The molecule has 0 saturated heterocycles. The molecule has 2 aromatic rings. The Labute approximate surface area is 249 Å². The van der Waals surface area contributed by atoms with Gasteiger partial charge in [0.05, 0.1) is 12.7 Å². The maximum atomic E-state index is 15.1. The van der Waals surface area contributed by atoms with E-state index in [1.54, 1.807) is 12.3 Å². The molecule has 1 amide bonds. The predicted molar refractivity (Wildman–Crippen MR) is 153 cm³/mol. The number of alkyl halides is 3. The number of rotatable bonds is 11. The number of anilines is 2. The van der Waals surface area contributed by atoms with Crippen LogP contribution in [0.15, 0.2) is 65.7 Å². The normalized spacial score (nSPS) is 22.4. The fourth-order valence-electron chi connectivity index (χ4n) is 5.11. The molecular weight excluding hydrogens is 611 g/mol. The van der Waals surface area contributed by atoms with Crippen LogP contribution in [0, 0.1) is 0 Å². The number of hydrogen-bond donors (Lipinski definition) is 7. The van der Waals surface area contributed by atoms with E-state index >= 15 is 4.39 Å². The minimum Gasteiger partial charge on any atom is -0.396 e. The Hall–Kier alpha value is -3.89. The number of carbonyl (C=O) groups excluding carboxylic acids is 1. The van der Waals surface area contributed by atoms with E-state index in [-0.39, 0.29) is 35.6 Å². The van der Waals surface area contributed by atoms with Crippen LogP contribution < -0.4 is 20.4 Å². The van der Waals surface area contributed by atoms with Gasteiger partial charge in [-0.2, -0.15) is 23.3 Å². The van der Waals surface area contributed by atoms with E-state index in [1.165, 1.54) is 32.3 Å². The molecule has 2 aromatic heterocycles. The molecule has 0 radical (unpaired) electrons. The first kappa shape index (κ1) is 33.0. The summed E-state index contributed by atoms with van der Waals surface area (Å²) in [4.78, 5) is 41.0. The van der Waals surface area contributed by atoms with Gasteiger partial charge in [-0.15, -0.1) is 0 Å². The number of aliphatic hydroxyl groups excluding tert-OH is 1. The average molecular weight is 644 g/mol. The number of aliphatic hydroxyl groups is 1. The largest absolute Gasteiger partial charge is 0.421 e. The number of nitrogens with one attached hydrogen (secondary N) is 4. The molecule has 238 valence electrons. The van der Waals surface area contributed by atoms with E-state index in [4.69, 9.17) is 0 Å². The van der Waals surface area contributed by atoms with Crippen LogP contribution in [-0.2, 0) is 15.5 Å². The van der Waals surface area contributed by atoms with E-state index in [9.17, 15) is 37.4 Å². The fraction of sp³-hybridized carbons (Fsp3) is 0.385. The van der Waals surface area contributed by atoms with Crippen LogP contribution in [0.4, 0.5) is 35.0 Å². The van der Waals surface area contributed by atoms with Crippen LogP contribution in [0.25, 0.3) is 0 Å². The summed E-state index contributed by atoms with van der Waals surface area (Å²) in [5.74, 6) is -3.43. The molecule has 0 saturated carbocycles. The van der Waals surface area contributed by atoms with Gasteiger partial charge in [-0.05, 0) is 38.0 Å². The number of carbonyl (C=O) groups is 1. The first-order chi connectivity index (χ1) is 20.7. The molecule has 4 rings (SSSR count).